The molecule has 0 fully saturated rings. The minimum absolute atomic E-state index is 0.0857. The van der Waals surface area contributed by atoms with E-state index in [-0.39, 0.29) is 32.5 Å². The summed E-state index contributed by atoms with van der Waals surface area (Å²) in [5, 5.41) is 5.10. The van der Waals surface area contributed by atoms with E-state index in [1.165, 1.54) is 30.5 Å². The molecule has 0 aliphatic heterocycles. The maximum Gasteiger partial charge on any atom is 0.433 e. The Balaban J connectivity index is 1.80. The Bertz CT molecular complexity index is 1500. The van der Waals surface area contributed by atoms with Crippen LogP contribution in [-0.4, -0.2) is 28.4 Å². The van der Waals surface area contributed by atoms with E-state index in [1.807, 2.05) is 0 Å². The van der Waals surface area contributed by atoms with Gasteiger partial charge < -0.3 is 0 Å². The fourth-order valence-corrected chi connectivity index (χ4v) is 4.59. The monoisotopic (exact) mass is 531 g/mol. The molecule has 4 heterocycles. The number of halogens is 6. The SMILES string of the molecule is NS(=O)(=O)c1ccc(-c2cc(-c3nc(-c4ccc(C(F)(F)F)nc4)cc(C(F)(F)F)n3)ccn2)s1. The summed E-state index contributed by atoms with van der Waals surface area (Å²) in [5.74, 6) is -0.374. The predicted octanol–water partition coefficient (Wildman–Crippen LogP) is 5.01. The summed E-state index contributed by atoms with van der Waals surface area (Å²) < 4.78 is 102. The number of rotatable bonds is 4. The van der Waals surface area contributed by atoms with Crippen molar-refractivity contribution in [2.45, 2.75) is 16.6 Å². The third kappa shape index (κ3) is 5.47. The second-order valence-electron chi connectivity index (χ2n) is 6.98. The number of alkyl halides is 6. The molecule has 0 saturated carbocycles. The van der Waals surface area contributed by atoms with Crippen molar-refractivity contribution < 1.29 is 34.8 Å². The zero-order chi connectivity index (χ0) is 25.6. The fourth-order valence-electron chi connectivity index (χ4n) is 2.90. The Labute approximate surface area is 197 Å². The molecule has 4 aromatic rings. The van der Waals surface area contributed by atoms with Crippen molar-refractivity contribution in [3.05, 3.63) is 66.2 Å². The zero-order valence-corrected chi connectivity index (χ0v) is 18.6. The normalized spacial score (nSPS) is 12.7. The van der Waals surface area contributed by atoms with Crippen LogP contribution in [0.5, 0.6) is 0 Å². The molecule has 35 heavy (non-hydrogen) atoms. The van der Waals surface area contributed by atoms with E-state index in [1.54, 1.807) is 0 Å². The number of nitrogens with two attached hydrogens (primary N) is 1. The maximum absolute atomic E-state index is 13.5. The zero-order valence-electron chi connectivity index (χ0n) is 17.0. The van der Waals surface area contributed by atoms with Crippen LogP contribution in [0, 0.1) is 0 Å². The quantitative estimate of drug-likeness (QED) is 0.371. The van der Waals surface area contributed by atoms with Gasteiger partial charge in [-0.3, -0.25) is 9.97 Å². The minimum Gasteiger partial charge on any atom is -0.255 e. The van der Waals surface area contributed by atoms with Crippen LogP contribution in [0.2, 0.25) is 0 Å². The first kappa shape index (κ1) is 24.7. The minimum atomic E-state index is -4.88. The highest BCUT2D eigenvalue weighted by Gasteiger charge is 2.35. The van der Waals surface area contributed by atoms with Crippen molar-refractivity contribution in [3.63, 3.8) is 0 Å². The first-order valence-corrected chi connectivity index (χ1v) is 11.7. The predicted molar refractivity (Wildman–Crippen MR) is 113 cm³/mol. The van der Waals surface area contributed by atoms with Crippen molar-refractivity contribution in [2.75, 3.05) is 0 Å². The molecule has 0 spiro atoms. The van der Waals surface area contributed by atoms with Gasteiger partial charge in [-0.25, -0.2) is 23.5 Å². The van der Waals surface area contributed by atoms with E-state index in [0.29, 0.717) is 17.0 Å². The third-order valence-electron chi connectivity index (χ3n) is 4.50. The molecule has 0 radical (unpaired) electrons. The lowest BCUT2D eigenvalue weighted by molar-refractivity contribution is -0.141. The molecule has 0 aliphatic rings. The highest BCUT2D eigenvalue weighted by molar-refractivity contribution is 7.91. The molecule has 0 amide bonds. The number of hydrogen-bond donors (Lipinski definition) is 1. The molecule has 15 heteroatoms. The molecular weight excluding hydrogens is 520 g/mol. The highest BCUT2D eigenvalue weighted by atomic mass is 32.2. The van der Waals surface area contributed by atoms with Gasteiger partial charge in [0.05, 0.1) is 16.3 Å². The first-order chi connectivity index (χ1) is 16.2. The number of sulfonamides is 1. The topological polar surface area (TPSA) is 112 Å². The van der Waals surface area contributed by atoms with Crippen LogP contribution >= 0.6 is 11.3 Å². The van der Waals surface area contributed by atoms with Crippen LogP contribution in [0.4, 0.5) is 26.3 Å². The lowest BCUT2D eigenvalue weighted by Gasteiger charge is -2.12. The molecule has 4 rings (SSSR count). The van der Waals surface area contributed by atoms with Gasteiger partial charge in [-0.05, 0) is 42.5 Å². The smallest absolute Gasteiger partial charge is 0.255 e. The summed E-state index contributed by atoms with van der Waals surface area (Å²) in [5.41, 5.74) is -2.58. The standard InChI is InChI=1S/C20H11F6N5O2S2/c21-19(22,23)15-3-1-11(9-29-15)12-8-16(20(24,25)26)31-18(30-12)10-5-6-28-13(7-10)14-2-4-17(34-14)35(27,32)33/h1-9H,(H2,27,32,33). The van der Waals surface area contributed by atoms with E-state index in [2.05, 4.69) is 19.9 Å². The van der Waals surface area contributed by atoms with E-state index in [9.17, 15) is 34.8 Å². The molecule has 0 saturated heterocycles. The van der Waals surface area contributed by atoms with Crippen LogP contribution in [-0.2, 0) is 22.4 Å². The Morgan fingerprint density at radius 2 is 1.49 bits per heavy atom. The number of nitrogens with zero attached hydrogens (tertiary/aromatic N) is 4. The van der Waals surface area contributed by atoms with Crippen molar-refractivity contribution >= 4 is 21.4 Å². The van der Waals surface area contributed by atoms with Gasteiger partial charge in [0.1, 0.15) is 15.6 Å². The van der Waals surface area contributed by atoms with E-state index < -0.39 is 33.8 Å². The first-order valence-electron chi connectivity index (χ1n) is 9.31. The average Bonchev–Trinajstić information content (AvgIpc) is 3.29. The van der Waals surface area contributed by atoms with Crippen LogP contribution in [0.15, 0.2) is 59.1 Å². The summed E-state index contributed by atoms with van der Waals surface area (Å²) in [7, 11) is -3.96. The van der Waals surface area contributed by atoms with Gasteiger partial charge in [0.25, 0.3) is 0 Å². The van der Waals surface area contributed by atoms with Crippen molar-refractivity contribution in [3.8, 4) is 33.2 Å². The van der Waals surface area contributed by atoms with Gasteiger partial charge in [-0.1, -0.05) is 0 Å². The van der Waals surface area contributed by atoms with Crippen molar-refractivity contribution in [1.29, 1.82) is 0 Å². The molecule has 0 aromatic carbocycles. The van der Waals surface area contributed by atoms with E-state index in [0.717, 1.165) is 23.6 Å². The van der Waals surface area contributed by atoms with Gasteiger partial charge in [-0.2, -0.15) is 26.3 Å². The Morgan fingerprint density at radius 1 is 0.771 bits per heavy atom. The van der Waals surface area contributed by atoms with Crippen molar-refractivity contribution in [2.24, 2.45) is 5.14 Å². The van der Waals surface area contributed by atoms with Crippen LogP contribution in [0.3, 0.4) is 0 Å². The molecule has 0 unspecified atom stereocenters. The number of hydrogen-bond acceptors (Lipinski definition) is 7. The summed E-state index contributed by atoms with van der Waals surface area (Å²) in [6, 6.07) is 7.58. The molecular formula is C20H11F6N5O2S2. The van der Waals surface area contributed by atoms with Crippen LogP contribution < -0.4 is 5.14 Å². The fraction of sp³-hybridized carbons (Fsp3) is 0.100. The third-order valence-corrected chi connectivity index (χ3v) is 7.04. The number of primary sulfonamides is 1. The molecule has 2 N–H and O–H groups in total. The molecule has 0 aliphatic carbocycles. The lowest BCUT2D eigenvalue weighted by atomic mass is 10.1. The maximum atomic E-state index is 13.5. The van der Waals surface area contributed by atoms with Gasteiger partial charge >= 0.3 is 12.4 Å². The summed E-state index contributed by atoms with van der Waals surface area (Å²) in [6.07, 6.45) is -7.55. The number of aromatic nitrogens is 4. The molecule has 182 valence electrons. The lowest BCUT2D eigenvalue weighted by Crippen LogP contribution is -2.11. The largest absolute Gasteiger partial charge is 0.433 e. The second kappa shape index (κ2) is 8.66. The summed E-state index contributed by atoms with van der Waals surface area (Å²) >= 11 is 0.811. The Hall–Kier alpha value is -3.43. The average molecular weight is 531 g/mol. The summed E-state index contributed by atoms with van der Waals surface area (Å²) in [4.78, 5) is 15.4. The van der Waals surface area contributed by atoms with Crippen molar-refractivity contribution in [1.82, 2.24) is 19.9 Å². The molecule has 0 atom stereocenters. The van der Waals surface area contributed by atoms with Gasteiger partial charge in [0, 0.05) is 23.5 Å². The van der Waals surface area contributed by atoms with E-state index in [4.69, 9.17) is 5.14 Å². The summed E-state index contributed by atoms with van der Waals surface area (Å²) in [6.45, 7) is 0. The van der Waals surface area contributed by atoms with Gasteiger partial charge in [0.15, 0.2) is 5.82 Å². The van der Waals surface area contributed by atoms with Gasteiger partial charge in [-0.15, -0.1) is 11.3 Å². The Morgan fingerprint density at radius 3 is 2.06 bits per heavy atom. The number of thiophene rings is 1. The van der Waals surface area contributed by atoms with Crippen LogP contribution in [0.25, 0.3) is 33.2 Å². The molecule has 4 aromatic heterocycles. The second-order valence-corrected chi connectivity index (χ2v) is 9.86. The van der Waals surface area contributed by atoms with E-state index >= 15 is 0 Å². The highest BCUT2D eigenvalue weighted by Crippen LogP contribution is 2.35. The Kier molecular flexibility index (Phi) is 6.11. The van der Waals surface area contributed by atoms with Crippen LogP contribution in [0.1, 0.15) is 11.4 Å². The number of pyridine rings is 2. The van der Waals surface area contributed by atoms with Gasteiger partial charge in [0.2, 0.25) is 10.0 Å². The molecule has 7 nitrogen and oxygen atoms in total. The molecule has 0 bridgehead atoms.